The number of morpholine rings is 2. The Morgan fingerprint density at radius 3 is 2.76 bits per heavy atom. The number of anilines is 2. The van der Waals surface area contributed by atoms with Crippen LogP contribution >= 0.6 is 0 Å². The van der Waals surface area contributed by atoms with Crippen molar-refractivity contribution in [2.24, 2.45) is 7.05 Å². The number of rotatable bonds is 5. The fraction of sp³-hybridized carbons (Fsp3) is 0.469. The molecule has 2 bridgehead atoms. The van der Waals surface area contributed by atoms with Crippen molar-refractivity contribution in [1.82, 2.24) is 39.2 Å². The number of imidazole rings is 1. The molecule has 4 saturated heterocycles. The van der Waals surface area contributed by atoms with E-state index in [4.69, 9.17) is 34.3 Å². The molecule has 1 unspecified atom stereocenters. The molecular formula is C32H36N10O3. The quantitative estimate of drug-likeness (QED) is 0.294. The van der Waals surface area contributed by atoms with Crippen LogP contribution in [-0.4, -0.2) is 117 Å². The predicted octanol–water partition coefficient (Wildman–Crippen LogP) is 2.58. The normalized spacial score (nSPS) is 23.4. The Morgan fingerprint density at radius 2 is 1.91 bits per heavy atom. The number of aryl methyl sites for hydroxylation is 2. The van der Waals surface area contributed by atoms with Crippen molar-refractivity contribution in [3.05, 3.63) is 42.5 Å². The zero-order valence-electron chi connectivity index (χ0n) is 25.8. The van der Waals surface area contributed by atoms with Crippen LogP contribution < -0.4 is 14.5 Å². The third kappa shape index (κ3) is 4.28. The van der Waals surface area contributed by atoms with Gasteiger partial charge >= 0.3 is 0 Å². The van der Waals surface area contributed by atoms with Crippen molar-refractivity contribution in [1.29, 1.82) is 0 Å². The molecule has 9 rings (SSSR count). The lowest BCUT2D eigenvalue weighted by Crippen LogP contribution is -2.58. The Morgan fingerprint density at radius 1 is 0.978 bits per heavy atom. The van der Waals surface area contributed by atoms with E-state index < -0.39 is 0 Å². The maximum absolute atomic E-state index is 5.98. The fourth-order valence-electron chi connectivity index (χ4n) is 7.57. The van der Waals surface area contributed by atoms with Gasteiger partial charge in [0, 0.05) is 69.3 Å². The fourth-order valence-corrected chi connectivity index (χ4v) is 7.57. The van der Waals surface area contributed by atoms with Gasteiger partial charge in [0.15, 0.2) is 11.6 Å². The maximum Gasteiger partial charge on any atom is 0.206 e. The van der Waals surface area contributed by atoms with Crippen molar-refractivity contribution in [2.45, 2.75) is 31.5 Å². The summed E-state index contributed by atoms with van der Waals surface area (Å²) < 4.78 is 21.6. The minimum absolute atomic E-state index is 0.231. The summed E-state index contributed by atoms with van der Waals surface area (Å²) in [5.41, 5.74) is 5.35. The molecule has 0 amide bonds. The van der Waals surface area contributed by atoms with Crippen molar-refractivity contribution in [3.63, 3.8) is 0 Å². The van der Waals surface area contributed by atoms with Gasteiger partial charge in [-0.25, -0.2) is 14.6 Å². The van der Waals surface area contributed by atoms with Crippen LogP contribution in [0.25, 0.3) is 39.0 Å². The van der Waals surface area contributed by atoms with Crippen LogP contribution in [0, 0.1) is 6.92 Å². The molecule has 4 fully saturated rings. The van der Waals surface area contributed by atoms with Gasteiger partial charge in [0.2, 0.25) is 5.95 Å². The minimum atomic E-state index is 0.231. The summed E-state index contributed by atoms with van der Waals surface area (Å²) in [6, 6.07) is 6.69. The van der Waals surface area contributed by atoms with Gasteiger partial charge in [-0.15, -0.1) is 0 Å². The van der Waals surface area contributed by atoms with Crippen LogP contribution in [0.2, 0.25) is 0 Å². The molecule has 5 aromatic rings. The Labute approximate surface area is 260 Å². The number of hydrogen-bond donors (Lipinski definition) is 0. The molecule has 0 saturated carbocycles. The van der Waals surface area contributed by atoms with Gasteiger partial charge < -0.3 is 28.6 Å². The van der Waals surface area contributed by atoms with E-state index in [0.29, 0.717) is 18.7 Å². The number of ether oxygens (including phenoxy) is 3. The zero-order chi connectivity index (χ0) is 30.2. The monoisotopic (exact) mass is 608 g/mol. The molecule has 4 aliphatic rings. The molecule has 0 N–H and O–H groups in total. The van der Waals surface area contributed by atoms with Gasteiger partial charge in [0.1, 0.15) is 11.3 Å². The lowest BCUT2D eigenvalue weighted by molar-refractivity contribution is -0.0119. The van der Waals surface area contributed by atoms with Crippen molar-refractivity contribution in [2.75, 3.05) is 69.5 Å². The highest BCUT2D eigenvalue weighted by Crippen LogP contribution is 2.38. The van der Waals surface area contributed by atoms with Crippen LogP contribution in [0.4, 0.5) is 11.8 Å². The summed E-state index contributed by atoms with van der Waals surface area (Å²) in [7, 11) is 3.78. The summed E-state index contributed by atoms with van der Waals surface area (Å²) in [5, 5.41) is 5.83. The van der Waals surface area contributed by atoms with E-state index in [9.17, 15) is 0 Å². The smallest absolute Gasteiger partial charge is 0.206 e. The van der Waals surface area contributed by atoms with Gasteiger partial charge in [-0.05, 0) is 25.5 Å². The van der Waals surface area contributed by atoms with Gasteiger partial charge in [-0.3, -0.25) is 14.9 Å². The Bertz CT molecular complexity index is 1940. The van der Waals surface area contributed by atoms with E-state index in [1.54, 1.807) is 19.5 Å². The van der Waals surface area contributed by atoms with Crippen LogP contribution in [0.5, 0.6) is 5.75 Å². The van der Waals surface area contributed by atoms with Crippen LogP contribution in [0.3, 0.4) is 0 Å². The molecule has 0 aromatic carbocycles. The molecule has 5 aromatic heterocycles. The standard InChI is InChI=1S/C32H36N10O3/c1-19-23-14-34-42(26(23)11-25(35-19)24-13-33-5-4-28(24)43-3)29-12-27-30(31(36-29)41-16-22-10-20(41)18-45-22)37-32(38(27)2)40-7-6-39-8-9-44-17-21(39)15-40/h4-5,11-14,20-22H,6-10,15-18H2,1-3H3/t20-,21?,22-/m1/s1. The van der Waals surface area contributed by atoms with Crippen LogP contribution in [-0.2, 0) is 16.5 Å². The average Bonchev–Trinajstić information content (AvgIpc) is 3.88. The summed E-state index contributed by atoms with van der Waals surface area (Å²) in [6.07, 6.45) is 6.63. The molecule has 9 heterocycles. The molecule has 13 heteroatoms. The molecule has 45 heavy (non-hydrogen) atoms. The first kappa shape index (κ1) is 27.0. The largest absolute Gasteiger partial charge is 0.496 e. The zero-order valence-corrected chi connectivity index (χ0v) is 25.8. The molecule has 13 nitrogen and oxygen atoms in total. The second kappa shape index (κ2) is 10.4. The van der Waals surface area contributed by atoms with E-state index in [1.807, 2.05) is 29.9 Å². The average molecular weight is 609 g/mol. The molecule has 4 aliphatic heterocycles. The Kier molecular flexibility index (Phi) is 6.22. The highest BCUT2D eigenvalue weighted by Gasteiger charge is 2.41. The van der Waals surface area contributed by atoms with Gasteiger partial charge in [0.25, 0.3) is 0 Å². The molecule has 3 atom stereocenters. The molecular weight excluding hydrogens is 572 g/mol. The topological polar surface area (TPSA) is 112 Å². The number of aromatic nitrogens is 7. The van der Waals surface area contributed by atoms with E-state index in [0.717, 1.165) is 115 Å². The molecule has 232 valence electrons. The third-order valence-electron chi connectivity index (χ3n) is 9.96. The molecule has 0 radical (unpaired) electrons. The molecule has 0 aliphatic carbocycles. The van der Waals surface area contributed by atoms with Crippen molar-refractivity contribution >= 4 is 33.7 Å². The third-order valence-corrected chi connectivity index (χ3v) is 9.96. The van der Waals surface area contributed by atoms with Crippen LogP contribution in [0.15, 0.2) is 36.8 Å². The minimum Gasteiger partial charge on any atom is -0.496 e. The van der Waals surface area contributed by atoms with Gasteiger partial charge in [-0.2, -0.15) is 5.10 Å². The van der Waals surface area contributed by atoms with Gasteiger partial charge in [-0.1, -0.05) is 0 Å². The van der Waals surface area contributed by atoms with Crippen LogP contribution in [0.1, 0.15) is 12.1 Å². The predicted molar refractivity (Wildman–Crippen MR) is 169 cm³/mol. The summed E-state index contributed by atoms with van der Waals surface area (Å²) >= 11 is 0. The van der Waals surface area contributed by atoms with Crippen molar-refractivity contribution < 1.29 is 14.2 Å². The second-order valence-electron chi connectivity index (χ2n) is 12.5. The highest BCUT2D eigenvalue weighted by atomic mass is 16.5. The van der Waals surface area contributed by atoms with Gasteiger partial charge in [0.05, 0.1) is 73.6 Å². The summed E-state index contributed by atoms with van der Waals surface area (Å²) in [5.74, 6) is 3.32. The number of methoxy groups -OCH3 is 1. The van der Waals surface area contributed by atoms with Crippen molar-refractivity contribution in [3.8, 4) is 22.8 Å². The number of pyridine rings is 3. The first-order valence-electron chi connectivity index (χ1n) is 15.7. The Hall–Kier alpha value is -4.33. The van der Waals surface area contributed by atoms with E-state index in [1.165, 1.54) is 0 Å². The summed E-state index contributed by atoms with van der Waals surface area (Å²) in [6.45, 7) is 8.96. The second-order valence-corrected chi connectivity index (χ2v) is 12.5. The molecule has 0 spiro atoms. The maximum atomic E-state index is 5.98. The number of hydrogen-bond acceptors (Lipinski definition) is 11. The SMILES string of the molecule is COc1ccncc1-c1cc2c(cnn2-c2cc3c(nc(N4CCN5CCOCC5C4)n3C)c(N3C[C@H]4C[C@@H]3CO4)n2)c(C)n1. The number of piperazine rings is 1. The Balaban J connectivity index is 1.19. The highest BCUT2D eigenvalue weighted by molar-refractivity contribution is 5.92. The first-order valence-corrected chi connectivity index (χ1v) is 15.7. The number of nitrogens with zero attached hydrogens (tertiary/aromatic N) is 10. The lowest BCUT2D eigenvalue weighted by atomic mass is 10.1. The number of fused-ring (bicyclic) bond motifs is 5. The van der Waals surface area contributed by atoms with E-state index in [-0.39, 0.29) is 6.10 Å². The van der Waals surface area contributed by atoms with E-state index >= 15 is 0 Å². The summed E-state index contributed by atoms with van der Waals surface area (Å²) in [4.78, 5) is 27.2. The first-order chi connectivity index (χ1) is 22.1. The van der Waals surface area contributed by atoms with E-state index in [2.05, 4.69) is 37.4 Å². The lowest BCUT2D eigenvalue weighted by Gasteiger charge is -2.43.